The summed E-state index contributed by atoms with van der Waals surface area (Å²) in [5, 5.41) is 8.35. The largest absolute Gasteiger partial charge is 0.497 e. The fourth-order valence-corrected chi connectivity index (χ4v) is 4.41. The lowest BCUT2D eigenvalue weighted by Crippen LogP contribution is -2.22. The number of aromatic nitrogens is 2. The zero-order chi connectivity index (χ0) is 26.1. The second kappa shape index (κ2) is 12.9. The zero-order valence-corrected chi connectivity index (χ0v) is 21.8. The van der Waals surface area contributed by atoms with Gasteiger partial charge in [0.1, 0.15) is 11.5 Å². The summed E-state index contributed by atoms with van der Waals surface area (Å²) in [7, 11) is 3.26. The Bertz CT molecular complexity index is 1310. The summed E-state index contributed by atoms with van der Waals surface area (Å²) in [5.41, 5.74) is 4.42. The molecule has 4 rings (SSSR count). The van der Waals surface area contributed by atoms with Crippen LogP contribution in [0, 0.1) is 0 Å². The van der Waals surface area contributed by atoms with Gasteiger partial charge in [0.2, 0.25) is 12.3 Å². The number of nitrogens with one attached hydrogen (secondary N) is 4. The second-order valence-electron chi connectivity index (χ2n) is 8.37. The number of H-pyrrole nitrogens is 2. The van der Waals surface area contributed by atoms with E-state index in [0.29, 0.717) is 29.8 Å². The maximum Gasteiger partial charge on any atom is 0.216 e. The minimum Gasteiger partial charge on any atom is -0.497 e. The Kier molecular flexibility index (Phi) is 9.64. The summed E-state index contributed by atoms with van der Waals surface area (Å²) >= 11 is 6.06. The van der Waals surface area contributed by atoms with Crippen LogP contribution in [0.5, 0.6) is 11.5 Å². The van der Waals surface area contributed by atoms with Gasteiger partial charge in [0.15, 0.2) is 0 Å². The van der Waals surface area contributed by atoms with E-state index in [0.717, 1.165) is 52.4 Å². The Morgan fingerprint density at radius 3 is 2.53 bits per heavy atom. The molecule has 8 nitrogen and oxygen atoms in total. The van der Waals surface area contributed by atoms with Crippen molar-refractivity contribution in [1.82, 2.24) is 20.6 Å². The molecule has 0 aliphatic rings. The van der Waals surface area contributed by atoms with Crippen molar-refractivity contribution in [2.75, 3.05) is 27.3 Å². The lowest BCUT2D eigenvalue weighted by Gasteiger charge is -2.13. The van der Waals surface area contributed by atoms with Crippen molar-refractivity contribution in [3.05, 3.63) is 58.9 Å². The van der Waals surface area contributed by atoms with Crippen LogP contribution in [0.4, 0.5) is 0 Å². The van der Waals surface area contributed by atoms with Crippen molar-refractivity contribution >= 4 is 45.7 Å². The van der Waals surface area contributed by atoms with Gasteiger partial charge in [0.25, 0.3) is 0 Å². The molecule has 0 spiro atoms. The smallest absolute Gasteiger partial charge is 0.216 e. The van der Waals surface area contributed by atoms with E-state index in [1.165, 1.54) is 12.5 Å². The molecule has 0 bridgehead atoms. The molecular weight excluding hydrogens is 480 g/mol. The van der Waals surface area contributed by atoms with E-state index < -0.39 is 0 Å². The number of amides is 2. The number of rotatable bonds is 10. The van der Waals surface area contributed by atoms with Crippen LogP contribution in [0.1, 0.15) is 37.3 Å². The monoisotopic (exact) mass is 512 g/mol. The molecule has 0 fully saturated rings. The Hall–Kier alpha value is -3.65. The normalized spacial score (nSPS) is 11.5. The summed E-state index contributed by atoms with van der Waals surface area (Å²) in [6.45, 7) is 4.91. The van der Waals surface area contributed by atoms with Crippen molar-refractivity contribution in [3.63, 3.8) is 0 Å². The first-order valence-corrected chi connectivity index (χ1v) is 12.2. The molecule has 2 aromatic carbocycles. The molecule has 0 aliphatic carbocycles. The predicted octanol–water partition coefficient (Wildman–Crippen LogP) is 4.92. The van der Waals surface area contributed by atoms with E-state index in [9.17, 15) is 9.59 Å². The van der Waals surface area contributed by atoms with Gasteiger partial charge in [0, 0.05) is 60.1 Å². The molecule has 2 aromatic heterocycles. The summed E-state index contributed by atoms with van der Waals surface area (Å²) in [6, 6.07) is 9.74. The average Bonchev–Trinajstić information content (AvgIpc) is 3.47. The maximum absolute atomic E-state index is 10.8. The van der Waals surface area contributed by atoms with Gasteiger partial charge in [-0.1, -0.05) is 18.5 Å². The summed E-state index contributed by atoms with van der Waals surface area (Å²) in [4.78, 5) is 27.7. The van der Waals surface area contributed by atoms with Crippen molar-refractivity contribution in [1.29, 1.82) is 0 Å². The van der Waals surface area contributed by atoms with Gasteiger partial charge in [0.05, 0.1) is 19.2 Å². The molecule has 0 aliphatic heterocycles. The van der Waals surface area contributed by atoms with E-state index in [1.807, 2.05) is 42.7 Å². The van der Waals surface area contributed by atoms with Crippen LogP contribution in [0.25, 0.3) is 21.8 Å². The third-order valence-electron chi connectivity index (χ3n) is 6.11. The number of aromatic amines is 2. The van der Waals surface area contributed by atoms with E-state index in [4.69, 9.17) is 21.1 Å². The first kappa shape index (κ1) is 26.9. The maximum atomic E-state index is 10.8. The molecule has 9 heteroatoms. The quantitative estimate of drug-likeness (QED) is 0.226. The summed E-state index contributed by atoms with van der Waals surface area (Å²) in [6.07, 6.45) is 6.44. The number of hydrogen-bond acceptors (Lipinski definition) is 4. The molecule has 1 unspecified atom stereocenters. The molecule has 4 aromatic rings. The SMILES string of the molecule is CCC(CNC=O)c1c[nH]c2ccc(OC)cc12.COc1cc2c(CCNC(C)=O)c[nH]c2cc1Cl. The third kappa shape index (κ3) is 6.51. The summed E-state index contributed by atoms with van der Waals surface area (Å²) in [5.74, 6) is 1.80. The standard InChI is InChI=1S/C14H18N2O2.C13H15ClN2O2/c1-3-10(7-15-9-17)13-8-16-14-5-4-11(18-2)6-12(13)14;1-8(17)15-4-3-9-7-16-12-6-11(14)13(18-2)5-10(9)12/h4-6,8-10,16H,3,7H2,1-2H3,(H,15,17);5-7,16H,3-4H2,1-2H3,(H,15,17). The van der Waals surface area contributed by atoms with Crippen LogP contribution in [0.2, 0.25) is 5.02 Å². The molecule has 4 N–H and O–H groups in total. The van der Waals surface area contributed by atoms with Gasteiger partial charge in [-0.2, -0.15) is 0 Å². The van der Waals surface area contributed by atoms with Crippen LogP contribution >= 0.6 is 11.6 Å². The first-order valence-electron chi connectivity index (χ1n) is 11.8. The van der Waals surface area contributed by atoms with Crippen LogP contribution in [0.15, 0.2) is 42.7 Å². The topological polar surface area (TPSA) is 108 Å². The highest BCUT2D eigenvalue weighted by Crippen LogP contribution is 2.32. The molecular formula is C27H33ClN4O4. The molecule has 36 heavy (non-hydrogen) atoms. The van der Waals surface area contributed by atoms with Crippen molar-refractivity contribution in [2.24, 2.45) is 0 Å². The van der Waals surface area contributed by atoms with E-state index in [1.54, 1.807) is 14.2 Å². The van der Waals surface area contributed by atoms with E-state index in [-0.39, 0.29) is 5.91 Å². The van der Waals surface area contributed by atoms with Gasteiger partial charge < -0.3 is 30.1 Å². The van der Waals surface area contributed by atoms with Gasteiger partial charge in [-0.05, 0) is 54.3 Å². The van der Waals surface area contributed by atoms with Crippen molar-refractivity contribution in [2.45, 2.75) is 32.6 Å². The number of halogens is 1. The van der Waals surface area contributed by atoms with E-state index >= 15 is 0 Å². The molecule has 192 valence electrons. The number of carbonyl (C=O) groups is 2. The van der Waals surface area contributed by atoms with Crippen LogP contribution in [-0.4, -0.2) is 49.6 Å². The molecule has 2 amide bonds. The number of carbonyl (C=O) groups excluding carboxylic acids is 2. The Morgan fingerprint density at radius 1 is 1.08 bits per heavy atom. The van der Waals surface area contributed by atoms with Crippen molar-refractivity contribution in [3.8, 4) is 11.5 Å². The predicted molar refractivity (Wildman–Crippen MR) is 144 cm³/mol. The van der Waals surface area contributed by atoms with Gasteiger partial charge in [-0.3, -0.25) is 9.59 Å². The highest BCUT2D eigenvalue weighted by Gasteiger charge is 2.14. The Morgan fingerprint density at radius 2 is 1.86 bits per heavy atom. The third-order valence-corrected chi connectivity index (χ3v) is 6.40. The highest BCUT2D eigenvalue weighted by molar-refractivity contribution is 6.32. The minimum absolute atomic E-state index is 0.0181. The van der Waals surface area contributed by atoms with Crippen molar-refractivity contribution < 1.29 is 19.1 Å². The Labute approximate surface area is 215 Å². The van der Waals surface area contributed by atoms with Crippen LogP contribution < -0.4 is 20.1 Å². The van der Waals surface area contributed by atoms with E-state index in [2.05, 4.69) is 27.5 Å². The fraction of sp³-hybridized carbons (Fsp3) is 0.333. The molecule has 1 atom stereocenters. The molecule has 0 radical (unpaired) electrons. The zero-order valence-electron chi connectivity index (χ0n) is 21.0. The van der Waals surface area contributed by atoms with Gasteiger partial charge in [-0.15, -0.1) is 0 Å². The lowest BCUT2D eigenvalue weighted by atomic mass is 9.96. The number of fused-ring (bicyclic) bond motifs is 2. The van der Waals surface area contributed by atoms with Gasteiger partial charge >= 0.3 is 0 Å². The molecule has 0 saturated carbocycles. The molecule has 0 saturated heterocycles. The number of hydrogen-bond donors (Lipinski definition) is 4. The highest BCUT2D eigenvalue weighted by atomic mass is 35.5. The van der Waals surface area contributed by atoms with Crippen LogP contribution in [-0.2, 0) is 16.0 Å². The Balaban J connectivity index is 0.000000201. The second-order valence-corrected chi connectivity index (χ2v) is 8.77. The minimum atomic E-state index is -0.0181. The number of methoxy groups -OCH3 is 2. The van der Waals surface area contributed by atoms with Crippen LogP contribution in [0.3, 0.4) is 0 Å². The number of benzene rings is 2. The number of ether oxygens (including phenoxy) is 2. The van der Waals surface area contributed by atoms with Gasteiger partial charge in [-0.25, -0.2) is 0 Å². The lowest BCUT2D eigenvalue weighted by molar-refractivity contribution is -0.119. The first-order chi connectivity index (χ1) is 17.4. The molecule has 2 heterocycles. The average molecular weight is 513 g/mol. The fourth-order valence-electron chi connectivity index (χ4n) is 4.17. The summed E-state index contributed by atoms with van der Waals surface area (Å²) < 4.78 is 10.5.